The van der Waals surface area contributed by atoms with Crippen LogP contribution in [0.1, 0.15) is 16.7 Å². The van der Waals surface area contributed by atoms with Gasteiger partial charge in [0.25, 0.3) is 0 Å². The molecule has 4 nitrogen and oxygen atoms in total. The van der Waals surface area contributed by atoms with Crippen LogP contribution in [0, 0.1) is 5.82 Å². The summed E-state index contributed by atoms with van der Waals surface area (Å²) < 4.78 is 25.0. The lowest BCUT2D eigenvalue weighted by atomic mass is 10.0. The maximum absolute atomic E-state index is 13.7. The summed E-state index contributed by atoms with van der Waals surface area (Å²) in [6.45, 7) is 3.23. The molecular weight excluding hydrogens is 331 g/mol. The van der Waals surface area contributed by atoms with Crippen molar-refractivity contribution < 1.29 is 13.9 Å². The van der Waals surface area contributed by atoms with E-state index in [1.165, 1.54) is 22.5 Å². The zero-order valence-electron chi connectivity index (χ0n) is 14.7. The first-order valence-corrected chi connectivity index (χ1v) is 9.09. The molecule has 0 saturated carbocycles. The Labute approximate surface area is 152 Å². The fraction of sp³-hybridized carbons (Fsp3) is 0.333. The van der Waals surface area contributed by atoms with Crippen LogP contribution in [0.3, 0.4) is 0 Å². The minimum atomic E-state index is -0.243. The van der Waals surface area contributed by atoms with Gasteiger partial charge in [0.2, 0.25) is 0 Å². The van der Waals surface area contributed by atoms with Crippen molar-refractivity contribution in [2.45, 2.75) is 19.4 Å². The van der Waals surface area contributed by atoms with Gasteiger partial charge < -0.3 is 19.8 Å². The number of fused-ring (bicyclic) bond motifs is 2. The fourth-order valence-corrected chi connectivity index (χ4v) is 3.46. The SMILES string of the molecule is Fc1cc2c(c(OCCNCCc3c[nH]c4ccccc34)c1)COCC2. The minimum absolute atomic E-state index is 0.243. The van der Waals surface area contributed by atoms with E-state index >= 15 is 0 Å². The van der Waals surface area contributed by atoms with Gasteiger partial charge in [0, 0.05) is 35.3 Å². The van der Waals surface area contributed by atoms with Crippen LogP contribution in [0.5, 0.6) is 5.75 Å². The standard InChI is InChI=1S/C21H23FN2O2/c22-17-11-15-6-9-25-14-19(15)21(12-17)26-10-8-23-7-5-16-13-24-20-4-2-1-3-18(16)20/h1-4,11-13,23-24H,5-10,14H2. The van der Waals surface area contributed by atoms with E-state index in [9.17, 15) is 4.39 Å². The molecule has 4 rings (SSSR count). The summed E-state index contributed by atoms with van der Waals surface area (Å²) in [5.74, 6) is 0.367. The van der Waals surface area contributed by atoms with Crippen molar-refractivity contribution in [3.8, 4) is 5.75 Å². The maximum Gasteiger partial charge on any atom is 0.128 e. The summed E-state index contributed by atoms with van der Waals surface area (Å²) in [5, 5.41) is 4.66. The molecule has 136 valence electrons. The molecule has 0 bridgehead atoms. The zero-order chi connectivity index (χ0) is 17.8. The molecule has 0 amide bonds. The van der Waals surface area contributed by atoms with E-state index in [0.29, 0.717) is 32.1 Å². The van der Waals surface area contributed by atoms with Gasteiger partial charge in [-0.05, 0) is 42.6 Å². The highest BCUT2D eigenvalue weighted by atomic mass is 19.1. The smallest absolute Gasteiger partial charge is 0.128 e. The summed E-state index contributed by atoms with van der Waals surface area (Å²) >= 11 is 0. The predicted molar refractivity (Wildman–Crippen MR) is 100 cm³/mol. The first-order valence-electron chi connectivity index (χ1n) is 9.09. The van der Waals surface area contributed by atoms with Gasteiger partial charge >= 0.3 is 0 Å². The molecular formula is C21H23FN2O2. The summed E-state index contributed by atoms with van der Waals surface area (Å²) in [4.78, 5) is 3.30. The molecule has 1 aliphatic rings. The molecule has 0 unspecified atom stereocenters. The Hall–Kier alpha value is -2.37. The van der Waals surface area contributed by atoms with Gasteiger partial charge in [-0.1, -0.05) is 18.2 Å². The third-order valence-corrected chi connectivity index (χ3v) is 4.81. The second-order valence-corrected chi connectivity index (χ2v) is 6.55. The summed E-state index contributed by atoms with van der Waals surface area (Å²) in [6.07, 6.45) is 3.77. The van der Waals surface area contributed by atoms with Crippen LogP contribution >= 0.6 is 0 Å². The van der Waals surface area contributed by atoms with Crippen LogP contribution in [-0.2, 0) is 24.2 Å². The van der Waals surface area contributed by atoms with E-state index in [1.54, 1.807) is 6.07 Å². The number of hydrogen-bond donors (Lipinski definition) is 2. The quantitative estimate of drug-likeness (QED) is 0.638. The van der Waals surface area contributed by atoms with Gasteiger partial charge in [-0.25, -0.2) is 4.39 Å². The molecule has 1 aromatic heterocycles. The summed E-state index contributed by atoms with van der Waals surface area (Å²) in [7, 11) is 0. The molecule has 0 radical (unpaired) electrons. The van der Waals surface area contributed by atoms with Crippen molar-refractivity contribution >= 4 is 10.9 Å². The van der Waals surface area contributed by atoms with Crippen molar-refractivity contribution in [2.75, 3.05) is 26.3 Å². The molecule has 3 aromatic rings. The van der Waals surface area contributed by atoms with Gasteiger partial charge in [-0.3, -0.25) is 0 Å². The molecule has 0 atom stereocenters. The number of para-hydroxylation sites is 1. The van der Waals surface area contributed by atoms with E-state index in [4.69, 9.17) is 9.47 Å². The molecule has 0 aliphatic carbocycles. The number of aromatic amines is 1. The van der Waals surface area contributed by atoms with Crippen molar-refractivity contribution in [2.24, 2.45) is 0 Å². The third-order valence-electron chi connectivity index (χ3n) is 4.81. The highest BCUT2D eigenvalue weighted by Crippen LogP contribution is 2.28. The highest BCUT2D eigenvalue weighted by Gasteiger charge is 2.16. The lowest BCUT2D eigenvalue weighted by Crippen LogP contribution is -2.24. The minimum Gasteiger partial charge on any atom is -0.492 e. The molecule has 2 heterocycles. The molecule has 2 aromatic carbocycles. The highest BCUT2D eigenvalue weighted by molar-refractivity contribution is 5.83. The van der Waals surface area contributed by atoms with Gasteiger partial charge in [0.05, 0.1) is 13.2 Å². The predicted octanol–water partition coefficient (Wildman–Crippen LogP) is 3.59. The molecule has 5 heteroatoms. The van der Waals surface area contributed by atoms with Crippen LogP contribution in [0.2, 0.25) is 0 Å². The number of benzene rings is 2. The topological polar surface area (TPSA) is 46.3 Å². The van der Waals surface area contributed by atoms with Crippen molar-refractivity contribution in [1.29, 1.82) is 0 Å². The number of aromatic nitrogens is 1. The second kappa shape index (κ2) is 7.89. The second-order valence-electron chi connectivity index (χ2n) is 6.55. The number of hydrogen-bond acceptors (Lipinski definition) is 3. The van der Waals surface area contributed by atoms with Crippen molar-refractivity contribution in [3.05, 3.63) is 65.1 Å². The summed E-state index contributed by atoms with van der Waals surface area (Å²) in [6, 6.07) is 11.4. The fourth-order valence-electron chi connectivity index (χ4n) is 3.46. The average molecular weight is 354 g/mol. The monoisotopic (exact) mass is 354 g/mol. The Morgan fingerprint density at radius 3 is 3.08 bits per heavy atom. The number of nitrogens with one attached hydrogen (secondary N) is 2. The molecule has 0 saturated heterocycles. The van der Waals surface area contributed by atoms with E-state index in [1.807, 2.05) is 6.07 Å². The Kier molecular flexibility index (Phi) is 5.18. The number of ether oxygens (including phenoxy) is 2. The third kappa shape index (κ3) is 3.74. The van der Waals surface area contributed by atoms with Crippen molar-refractivity contribution in [3.63, 3.8) is 0 Å². The lowest BCUT2D eigenvalue weighted by molar-refractivity contribution is 0.107. The molecule has 0 fully saturated rings. The zero-order valence-corrected chi connectivity index (χ0v) is 14.7. The Bertz CT molecular complexity index is 891. The van der Waals surface area contributed by atoms with Crippen LogP contribution in [0.15, 0.2) is 42.6 Å². The average Bonchev–Trinajstić information content (AvgIpc) is 3.07. The number of halogens is 1. The number of rotatable bonds is 7. The first-order chi connectivity index (χ1) is 12.8. The van der Waals surface area contributed by atoms with Crippen LogP contribution < -0.4 is 10.1 Å². The summed E-state index contributed by atoms with van der Waals surface area (Å²) in [5.41, 5.74) is 4.46. The Morgan fingerprint density at radius 2 is 2.12 bits per heavy atom. The Morgan fingerprint density at radius 1 is 1.19 bits per heavy atom. The molecule has 2 N–H and O–H groups in total. The van der Waals surface area contributed by atoms with Gasteiger partial charge in [-0.2, -0.15) is 0 Å². The van der Waals surface area contributed by atoms with E-state index in [-0.39, 0.29) is 5.82 Å². The maximum atomic E-state index is 13.7. The van der Waals surface area contributed by atoms with Crippen LogP contribution in [-0.4, -0.2) is 31.3 Å². The van der Waals surface area contributed by atoms with Crippen LogP contribution in [0.25, 0.3) is 10.9 Å². The largest absolute Gasteiger partial charge is 0.492 e. The first kappa shape index (κ1) is 17.1. The van der Waals surface area contributed by atoms with Gasteiger partial charge in [0.1, 0.15) is 18.2 Å². The molecule has 26 heavy (non-hydrogen) atoms. The van der Waals surface area contributed by atoms with Crippen LogP contribution in [0.4, 0.5) is 4.39 Å². The number of H-pyrrole nitrogens is 1. The molecule has 0 spiro atoms. The normalized spacial score (nSPS) is 13.7. The van der Waals surface area contributed by atoms with E-state index in [0.717, 1.165) is 30.5 Å². The van der Waals surface area contributed by atoms with Crippen molar-refractivity contribution in [1.82, 2.24) is 10.3 Å². The lowest BCUT2D eigenvalue weighted by Gasteiger charge is -2.20. The van der Waals surface area contributed by atoms with E-state index in [2.05, 4.69) is 34.7 Å². The van der Waals surface area contributed by atoms with Gasteiger partial charge in [0.15, 0.2) is 0 Å². The van der Waals surface area contributed by atoms with E-state index < -0.39 is 0 Å². The Balaban J connectivity index is 1.25. The van der Waals surface area contributed by atoms with Gasteiger partial charge in [-0.15, -0.1) is 0 Å². The molecule has 1 aliphatic heterocycles.